The van der Waals surface area contributed by atoms with Crippen molar-refractivity contribution in [1.29, 1.82) is 0 Å². The minimum absolute atomic E-state index is 0.173. The lowest BCUT2D eigenvalue weighted by molar-refractivity contribution is 0.397. The van der Waals surface area contributed by atoms with Crippen molar-refractivity contribution in [1.82, 2.24) is 4.98 Å². The highest BCUT2D eigenvalue weighted by Gasteiger charge is 2.31. The van der Waals surface area contributed by atoms with Crippen LogP contribution in [0.3, 0.4) is 0 Å². The fraction of sp³-hybridized carbons (Fsp3) is 0.267. The summed E-state index contributed by atoms with van der Waals surface area (Å²) in [6, 6.07) is 14.2. The summed E-state index contributed by atoms with van der Waals surface area (Å²) in [5, 5.41) is 6.93. The number of benzene rings is 1. The number of pyridine rings is 1. The standard InChI is InChI=1S/C15H17N3O/c1-15(11-6-4-3-5-7-11)10-16-12-8-9-13(19-2)17-14(12)18-15/h3-9,16H,10H2,1-2H3,(H,17,18). The molecule has 1 atom stereocenters. The molecule has 1 unspecified atom stereocenters. The van der Waals surface area contributed by atoms with Crippen molar-refractivity contribution in [2.75, 3.05) is 24.3 Å². The van der Waals surface area contributed by atoms with Crippen LogP contribution in [0.15, 0.2) is 42.5 Å². The van der Waals surface area contributed by atoms with Crippen LogP contribution < -0.4 is 15.4 Å². The van der Waals surface area contributed by atoms with E-state index >= 15 is 0 Å². The zero-order valence-electron chi connectivity index (χ0n) is 11.1. The zero-order valence-corrected chi connectivity index (χ0v) is 11.1. The van der Waals surface area contributed by atoms with Gasteiger partial charge in [-0.05, 0) is 18.6 Å². The van der Waals surface area contributed by atoms with Crippen molar-refractivity contribution in [3.05, 3.63) is 48.0 Å². The number of hydrogen-bond donors (Lipinski definition) is 2. The highest BCUT2D eigenvalue weighted by Crippen LogP contribution is 2.35. The van der Waals surface area contributed by atoms with E-state index in [1.165, 1.54) is 5.56 Å². The second-order valence-electron chi connectivity index (χ2n) is 4.93. The molecule has 0 fully saturated rings. The Morgan fingerprint density at radius 1 is 1.16 bits per heavy atom. The van der Waals surface area contributed by atoms with Crippen molar-refractivity contribution in [2.24, 2.45) is 0 Å². The first-order chi connectivity index (χ1) is 9.21. The summed E-state index contributed by atoms with van der Waals surface area (Å²) in [4.78, 5) is 4.46. The monoisotopic (exact) mass is 255 g/mol. The molecule has 0 amide bonds. The Hall–Kier alpha value is -2.23. The number of hydrogen-bond acceptors (Lipinski definition) is 4. The molecular formula is C15H17N3O. The number of methoxy groups -OCH3 is 1. The largest absolute Gasteiger partial charge is 0.481 e. The highest BCUT2D eigenvalue weighted by molar-refractivity contribution is 5.69. The van der Waals surface area contributed by atoms with Gasteiger partial charge in [0.25, 0.3) is 0 Å². The van der Waals surface area contributed by atoms with Gasteiger partial charge in [-0.25, -0.2) is 0 Å². The molecule has 2 N–H and O–H groups in total. The Balaban J connectivity index is 1.96. The van der Waals surface area contributed by atoms with Gasteiger partial charge in [-0.2, -0.15) is 4.98 Å². The SMILES string of the molecule is COc1ccc2c(n1)NC(C)(c1ccccc1)CN2. The van der Waals surface area contributed by atoms with Crippen molar-refractivity contribution in [3.8, 4) is 5.88 Å². The third-order valence-electron chi connectivity index (χ3n) is 3.52. The quantitative estimate of drug-likeness (QED) is 0.866. The number of ether oxygens (including phenoxy) is 1. The molecule has 2 aromatic rings. The average molecular weight is 255 g/mol. The van der Waals surface area contributed by atoms with E-state index in [2.05, 4.69) is 46.8 Å². The minimum atomic E-state index is -0.173. The van der Waals surface area contributed by atoms with Crippen molar-refractivity contribution >= 4 is 11.5 Å². The molecule has 4 nitrogen and oxygen atoms in total. The molecular weight excluding hydrogens is 238 g/mol. The van der Waals surface area contributed by atoms with E-state index in [-0.39, 0.29) is 5.54 Å². The van der Waals surface area contributed by atoms with Crippen LogP contribution in [-0.2, 0) is 5.54 Å². The predicted molar refractivity (Wildman–Crippen MR) is 76.7 cm³/mol. The van der Waals surface area contributed by atoms with Crippen molar-refractivity contribution < 1.29 is 4.74 Å². The lowest BCUT2D eigenvalue weighted by Gasteiger charge is -2.37. The second kappa shape index (κ2) is 4.46. The molecule has 4 heteroatoms. The summed E-state index contributed by atoms with van der Waals surface area (Å²) in [6.07, 6.45) is 0. The van der Waals surface area contributed by atoms with E-state index in [9.17, 15) is 0 Å². The summed E-state index contributed by atoms with van der Waals surface area (Å²) in [6.45, 7) is 2.98. The third kappa shape index (κ3) is 2.10. The first-order valence-electron chi connectivity index (χ1n) is 6.34. The summed E-state index contributed by atoms with van der Waals surface area (Å²) in [5.74, 6) is 1.45. The molecule has 0 saturated carbocycles. The molecule has 0 bridgehead atoms. The predicted octanol–water partition coefficient (Wildman–Crippen LogP) is 2.84. The second-order valence-corrected chi connectivity index (χ2v) is 4.93. The Morgan fingerprint density at radius 2 is 1.95 bits per heavy atom. The van der Waals surface area contributed by atoms with Crippen LogP contribution in [-0.4, -0.2) is 18.6 Å². The average Bonchev–Trinajstić information content (AvgIpc) is 2.47. The maximum absolute atomic E-state index is 5.18. The smallest absolute Gasteiger partial charge is 0.215 e. The summed E-state index contributed by atoms with van der Waals surface area (Å²) in [5.41, 5.74) is 2.07. The van der Waals surface area contributed by atoms with Crippen LogP contribution in [0.4, 0.5) is 11.5 Å². The van der Waals surface area contributed by atoms with Gasteiger partial charge in [-0.15, -0.1) is 0 Å². The number of aromatic nitrogens is 1. The molecule has 0 radical (unpaired) electrons. The minimum Gasteiger partial charge on any atom is -0.481 e. The third-order valence-corrected chi connectivity index (χ3v) is 3.52. The van der Waals surface area contributed by atoms with Crippen LogP contribution in [0.1, 0.15) is 12.5 Å². The lowest BCUT2D eigenvalue weighted by atomic mass is 9.90. The van der Waals surface area contributed by atoms with Crippen LogP contribution in [0.5, 0.6) is 5.88 Å². The van der Waals surface area contributed by atoms with Gasteiger partial charge in [0.2, 0.25) is 5.88 Å². The first-order valence-corrected chi connectivity index (χ1v) is 6.34. The van der Waals surface area contributed by atoms with Gasteiger partial charge in [0, 0.05) is 12.6 Å². The molecule has 1 aliphatic rings. The Bertz CT molecular complexity index is 585. The van der Waals surface area contributed by atoms with E-state index in [0.717, 1.165) is 18.1 Å². The van der Waals surface area contributed by atoms with E-state index in [1.807, 2.05) is 18.2 Å². The van der Waals surface area contributed by atoms with Crippen LogP contribution in [0.2, 0.25) is 0 Å². The molecule has 19 heavy (non-hydrogen) atoms. The van der Waals surface area contributed by atoms with E-state index in [0.29, 0.717) is 5.88 Å². The van der Waals surface area contributed by atoms with E-state index < -0.39 is 0 Å². The van der Waals surface area contributed by atoms with Crippen LogP contribution in [0.25, 0.3) is 0 Å². The van der Waals surface area contributed by atoms with Gasteiger partial charge in [-0.1, -0.05) is 30.3 Å². The van der Waals surface area contributed by atoms with Gasteiger partial charge in [0.15, 0.2) is 5.82 Å². The zero-order chi connectivity index (χ0) is 13.3. The lowest BCUT2D eigenvalue weighted by Crippen LogP contribution is -2.42. The maximum Gasteiger partial charge on any atom is 0.215 e. The number of nitrogens with zero attached hydrogens (tertiary/aromatic N) is 1. The van der Waals surface area contributed by atoms with E-state index in [1.54, 1.807) is 7.11 Å². The normalized spacial score (nSPS) is 20.9. The van der Waals surface area contributed by atoms with Gasteiger partial charge in [0.1, 0.15) is 0 Å². The Morgan fingerprint density at radius 3 is 2.68 bits per heavy atom. The number of rotatable bonds is 2. The van der Waals surface area contributed by atoms with Crippen molar-refractivity contribution in [3.63, 3.8) is 0 Å². The molecule has 1 aromatic carbocycles. The number of nitrogens with one attached hydrogen (secondary N) is 2. The topological polar surface area (TPSA) is 46.2 Å². The van der Waals surface area contributed by atoms with Crippen LogP contribution in [0, 0.1) is 0 Å². The van der Waals surface area contributed by atoms with Crippen molar-refractivity contribution in [2.45, 2.75) is 12.5 Å². The number of anilines is 2. The number of fused-ring (bicyclic) bond motifs is 1. The Labute approximate surface area is 112 Å². The van der Waals surface area contributed by atoms with Gasteiger partial charge >= 0.3 is 0 Å². The molecule has 1 aliphatic heterocycles. The fourth-order valence-electron chi connectivity index (χ4n) is 2.35. The molecule has 0 saturated heterocycles. The fourth-order valence-corrected chi connectivity index (χ4v) is 2.35. The summed E-state index contributed by atoms with van der Waals surface area (Å²) < 4.78 is 5.18. The first kappa shape index (κ1) is 11.8. The highest BCUT2D eigenvalue weighted by atomic mass is 16.5. The molecule has 1 aromatic heterocycles. The van der Waals surface area contributed by atoms with E-state index in [4.69, 9.17) is 4.74 Å². The molecule has 0 spiro atoms. The molecule has 3 rings (SSSR count). The van der Waals surface area contributed by atoms with Gasteiger partial charge in [0.05, 0.1) is 18.3 Å². The Kier molecular flexibility index (Phi) is 2.78. The summed E-state index contributed by atoms with van der Waals surface area (Å²) in [7, 11) is 1.63. The summed E-state index contributed by atoms with van der Waals surface area (Å²) >= 11 is 0. The van der Waals surface area contributed by atoms with Gasteiger partial charge < -0.3 is 15.4 Å². The molecule has 2 heterocycles. The van der Waals surface area contributed by atoms with Crippen LogP contribution >= 0.6 is 0 Å². The van der Waals surface area contributed by atoms with Gasteiger partial charge in [-0.3, -0.25) is 0 Å². The maximum atomic E-state index is 5.18. The molecule has 98 valence electrons. The molecule has 0 aliphatic carbocycles.